The minimum atomic E-state index is 0.0449. The van der Waals surface area contributed by atoms with Gasteiger partial charge in [0.2, 0.25) is 5.91 Å². The highest BCUT2D eigenvalue weighted by Crippen LogP contribution is 2.27. The molecule has 1 aromatic carbocycles. The number of benzene rings is 1. The minimum absolute atomic E-state index is 0.0449. The van der Waals surface area contributed by atoms with Crippen LogP contribution in [0.2, 0.25) is 0 Å². The standard InChI is InChI=1S/C21H26N4O2/c1-2-23-14-10-22-20(23)16-7-11-24(12-8-16)19(26)9-13-25-15-17-5-3-4-6-18(17)21(25)27/h3-6,10,14,16H,2,7-9,11-13,15H2,1H3. The molecule has 6 heteroatoms. The molecule has 27 heavy (non-hydrogen) atoms. The molecule has 0 atom stereocenters. The van der Waals surface area contributed by atoms with Gasteiger partial charge in [0.25, 0.3) is 5.91 Å². The number of fused-ring (bicyclic) bond motifs is 1. The second-order valence-corrected chi connectivity index (χ2v) is 7.36. The van der Waals surface area contributed by atoms with Gasteiger partial charge in [0.05, 0.1) is 0 Å². The maximum atomic E-state index is 12.6. The Balaban J connectivity index is 1.28. The largest absolute Gasteiger partial charge is 0.343 e. The molecular formula is C21H26N4O2. The summed E-state index contributed by atoms with van der Waals surface area (Å²) in [6.45, 7) is 5.71. The van der Waals surface area contributed by atoms with Crippen molar-refractivity contribution in [3.8, 4) is 0 Å². The van der Waals surface area contributed by atoms with E-state index in [1.54, 1.807) is 4.90 Å². The number of carbonyl (C=O) groups is 2. The molecule has 3 heterocycles. The van der Waals surface area contributed by atoms with E-state index in [4.69, 9.17) is 0 Å². The topological polar surface area (TPSA) is 58.4 Å². The summed E-state index contributed by atoms with van der Waals surface area (Å²) in [6, 6.07) is 7.69. The number of nitrogens with zero attached hydrogens (tertiary/aromatic N) is 4. The van der Waals surface area contributed by atoms with Crippen LogP contribution in [0.15, 0.2) is 36.7 Å². The van der Waals surface area contributed by atoms with Gasteiger partial charge in [0, 0.05) is 63.0 Å². The zero-order valence-electron chi connectivity index (χ0n) is 15.8. The Morgan fingerprint density at radius 1 is 1.22 bits per heavy atom. The zero-order chi connectivity index (χ0) is 18.8. The lowest BCUT2D eigenvalue weighted by Crippen LogP contribution is -2.40. The maximum absolute atomic E-state index is 12.6. The molecule has 4 rings (SSSR count). The molecule has 2 amide bonds. The van der Waals surface area contributed by atoms with Gasteiger partial charge in [-0.05, 0) is 31.4 Å². The second-order valence-electron chi connectivity index (χ2n) is 7.36. The van der Waals surface area contributed by atoms with Crippen LogP contribution in [-0.4, -0.2) is 50.8 Å². The van der Waals surface area contributed by atoms with Gasteiger partial charge in [-0.2, -0.15) is 0 Å². The zero-order valence-corrected chi connectivity index (χ0v) is 15.8. The number of hydrogen-bond donors (Lipinski definition) is 0. The summed E-state index contributed by atoms with van der Waals surface area (Å²) >= 11 is 0. The summed E-state index contributed by atoms with van der Waals surface area (Å²) in [5.74, 6) is 1.77. The van der Waals surface area contributed by atoms with Gasteiger partial charge in [-0.1, -0.05) is 18.2 Å². The summed E-state index contributed by atoms with van der Waals surface area (Å²) in [4.78, 5) is 33.3. The van der Waals surface area contributed by atoms with Crippen LogP contribution >= 0.6 is 0 Å². The molecule has 1 aromatic heterocycles. The van der Waals surface area contributed by atoms with E-state index in [9.17, 15) is 9.59 Å². The van der Waals surface area contributed by atoms with Gasteiger partial charge < -0.3 is 14.4 Å². The molecule has 1 saturated heterocycles. The fraction of sp³-hybridized carbons (Fsp3) is 0.476. The van der Waals surface area contributed by atoms with Gasteiger partial charge in [-0.25, -0.2) is 4.98 Å². The Morgan fingerprint density at radius 2 is 2.00 bits per heavy atom. The van der Waals surface area contributed by atoms with Crippen molar-refractivity contribution in [3.63, 3.8) is 0 Å². The number of imidazole rings is 1. The lowest BCUT2D eigenvalue weighted by molar-refractivity contribution is -0.132. The Morgan fingerprint density at radius 3 is 2.74 bits per heavy atom. The van der Waals surface area contributed by atoms with Crippen molar-refractivity contribution < 1.29 is 9.59 Å². The van der Waals surface area contributed by atoms with Crippen LogP contribution in [0.3, 0.4) is 0 Å². The molecular weight excluding hydrogens is 340 g/mol. The molecule has 0 aliphatic carbocycles. The van der Waals surface area contributed by atoms with E-state index in [2.05, 4.69) is 16.5 Å². The quantitative estimate of drug-likeness (QED) is 0.817. The number of rotatable bonds is 5. The van der Waals surface area contributed by atoms with Crippen LogP contribution in [0.1, 0.15) is 53.8 Å². The van der Waals surface area contributed by atoms with Gasteiger partial charge in [-0.3, -0.25) is 9.59 Å². The monoisotopic (exact) mass is 366 g/mol. The maximum Gasteiger partial charge on any atom is 0.254 e. The lowest BCUT2D eigenvalue weighted by Gasteiger charge is -2.32. The van der Waals surface area contributed by atoms with Crippen molar-refractivity contribution in [1.29, 1.82) is 0 Å². The van der Waals surface area contributed by atoms with Crippen LogP contribution in [-0.2, 0) is 17.9 Å². The third-order valence-electron chi connectivity index (χ3n) is 5.79. The van der Waals surface area contributed by atoms with E-state index < -0.39 is 0 Å². The summed E-state index contributed by atoms with van der Waals surface area (Å²) in [7, 11) is 0. The molecule has 0 radical (unpaired) electrons. The number of amides is 2. The van der Waals surface area contributed by atoms with Crippen LogP contribution < -0.4 is 0 Å². The SMILES string of the molecule is CCn1ccnc1C1CCN(C(=O)CCN2Cc3ccccc3C2=O)CC1. The molecule has 2 aliphatic rings. The molecule has 0 saturated carbocycles. The second kappa shape index (κ2) is 7.55. The highest BCUT2D eigenvalue weighted by molar-refractivity contribution is 5.98. The van der Waals surface area contributed by atoms with Crippen LogP contribution in [0.4, 0.5) is 0 Å². The number of aryl methyl sites for hydroxylation is 1. The molecule has 0 spiro atoms. The van der Waals surface area contributed by atoms with E-state index in [1.165, 1.54) is 0 Å². The molecule has 0 N–H and O–H groups in total. The minimum Gasteiger partial charge on any atom is -0.343 e. The molecule has 2 aromatic rings. The smallest absolute Gasteiger partial charge is 0.254 e. The summed E-state index contributed by atoms with van der Waals surface area (Å²) < 4.78 is 2.19. The van der Waals surface area contributed by atoms with E-state index in [0.29, 0.717) is 25.4 Å². The first-order valence-electron chi connectivity index (χ1n) is 9.83. The normalized spacial score (nSPS) is 17.4. The van der Waals surface area contributed by atoms with Gasteiger partial charge in [-0.15, -0.1) is 0 Å². The van der Waals surface area contributed by atoms with Crippen molar-refractivity contribution >= 4 is 11.8 Å². The van der Waals surface area contributed by atoms with Crippen molar-refractivity contribution in [3.05, 3.63) is 53.6 Å². The lowest BCUT2D eigenvalue weighted by atomic mass is 9.95. The Bertz CT molecular complexity index is 836. The first-order valence-corrected chi connectivity index (χ1v) is 9.83. The Kier molecular flexibility index (Phi) is 4.97. The third-order valence-corrected chi connectivity index (χ3v) is 5.79. The highest BCUT2D eigenvalue weighted by Gasteiger charge is 2.29. The number of likely N-dealkylation sites (tertiary alicyclic amines) is 1. The number of aromatic nitrogens is 2. The van der Waals surface area contributed by atoms with E-state index in [-0.39, 0.29) is 11.8 Å². The number of carbonyl (C=O) groups excluding carboxylic acids is 2. The summed E-state index contributed by atoms with van der Waals surface area (Å²) in [6.07, 6.45) is 6.20. The third kappa shape index (κ3) is 3.48. The molecule has 6 nitrogen and oxygen atoms in total. The van der Waals surface area contributed by atoms with Crippen molar-refractivity contribution in [2.24, 2.45) is 0 Å². The Hall–Kier alpha value is -2.63. The summed E-state index contributed by atoms with van der Waals surface area (Å²) in [5, 5.41) is 0. The van der Waals surface area contributed by atoms with E-state index in [0.717, 1.165) is 49.4 Å². The first kappa shape index (κ1) is 17.8. The predicted octanol–water partition coefficient (Wildman–Crippen LogP) is 2.66. The molecule has 0 bridgehead atoms. The molecule has 2 aliphatic heterocycles. The van der Waals surface area contributed by atoms with Crippen molar-refractivity contribution in [2.45, 2.75) is 45.2 Å². The van der Waals surface area contributed by atoms with Gasteiger partial charge >= 0.3 is 0 Å². The average Bonchev–Trinajstić information content (AvgIpc) is 3.31. The van der Waals surface area contributed by atoms with Crippen LogP contribution in [0, 0.1) is 0 Å². The molecule has 0 unspecified atom stereocenters. The molecule has 142 valence electrons. The molecule has 1 fully saturated rings. The summed E-state index contributed by atoms with van der Waals surface area (Å²) in [5.41, 5.74) is 1.83. The van der Waals surface area contributed by atoms with Crippen LogP contribution in [0.25, 0.3) is 0 Å². The average molecular weight is 366 g/mol. The predicted molar refractivity (Wildman–Crippen MR) is 102 cm³/mol. The van der Waals surface area contributed by atoms with Crippen molar-refractivity contribution in [2.75, 3.05) is 19.6 Å². The van der Waals surface area contributed by atoms with Gasteiger partial charge in [0.15, 0.2) is 0 Å². The van der Waals surface area contributed by atoms with E-state index >= 15 is 0 Å². The first-order chi connectivity index (χ1) is 13.2. The highest BCUT2D eigenvalue weighted by atomic mass is 16.2. The van der Waals surface area contributed by atoms with E-state index in [1.807, 2.05) is 41.6 Å². The number of piperidine rings is 1. The Labute approximate surface area is 159 Å². The fourth-order valence-electron chi connectivity index (χ4n) is 4.22. The van der Waals surface area contributed by atoms with Crippen LogP contribution in [0.5, 0.6) is 0 Å². The fourth-order valence-corrected chi connectivity index (χ4v) is 4.22. The van der Waals surface area contributed by atoms with Crippen molar-refractivity contribution in [1.82, 2.24) is 19.4 Å². The van der Waals surface area contributed by atoms with Gasteiger partial charge in [0.1, 0.15) is 5.82 Å². The number of hydrogen-bond acceptors (Lipinski definition) is 3.